The Morgan fingerprint density at radius 3 is 2.37 bits per heavy atom. The number of benzene rings is 2. The molecule has 0 atom stereocenters. The van der Waals surface area contributed by atoms with Gasteiger partial charge in [-0.1, -0.05) is 24.3 Å². The van der Waals surface area contributed by atoms with Crippen molar-refractivity contribution in [2.45, 2.75) is 12.8 Å². The van der Waals surface area contributed by atoms with Gasteiger partial charge in [-0.2, -0.15) is 0 Å². The van der Waals surface area contributed by atoms with Crippen LogP contribution >= 0.6 is 0 Å². The summed E-state index contributed by atoms with van der Waals surface area (Å²) in [7, 11) is 1.75. The Bertz CT molecular complexity index is 743. The molecule has 4 rings (SSSR count). The van der Waals surface area contributed by atoms with E-state index in [0.717, 1.165) is 45.1 Å². The second kappa shape index (κ2) is 8.53. The van der Waals surface area contributed by atoms with Gasteiger partial charge in [0.05, 0.1) is 30.8 Å². The Labute approximate surface area is 162 Å². The van der Waals surface area contributed by atoms with Crippen molar-refractivity contribution >= 4 is 17.1 Å². The summed E-state index contributed by atoms with van der Waals surface area (Å²) in [4.78, 5) is 7.50. The molecule has 0 amide bonds. The Morgan fingerprint density at radius 1 is 0.852 bits per heavy atom. The number of hydrogen-bond donors (Lipinski definition) is 1. The summed E-state index contributed by atoms with van der Waals surface area (Å²) < 4.78 is 5.51. The summed E-state index contributed by atoms with van der Waals surface area (Å²) in [5, 5.41) is 3.47. The number of anilines is 3. The Balaban J connectivity index is 1.18. The monoisotopic (exact) mass is 366 g/mol. The molecule has 0 saturated carbocycles. The van der Waals surface area contributed by atoms with Gasteiger partial charge in [-0.05, 0) is 43.7 Å². The summed E-state index contributed by atoms with van der Waals surface area (Å²) in [5.41, 5.74) is 3.84. The van der Waals surface area contributed by atoms with Gasteiger partial charge in [-0.25, -0.2) is 0 Å². The maximum atomic E-state index is 5.51. The van der Waals surface area contributed by atoms with E-state index in [2.05, 4.69) is 56.4 Å². The van der Waals surface area contributed by atoms with Crippen LogP contribution in [0.1, 0.15) is 12.8 Å². The lowest BCUT2D eigenvalue weighted by atomic mass is 10.2. The zero-order valence-electron chi connectivity index (χ0n) is 16.2. The van der Waals surface area contributed by atoms with Gasteiger partial charge in [-0.3, -0.25) is 4.90 Å². The first-order valence-corrected chi connectivity index (χ1v) is 10.0. The van der Waals surface area contributed by atoms with Gasteiger partial charge in [0, 0.05) is 32.7 Å². The SMILES string of the molecule is COc1ccccc1N1CCN(CCCCN2CNc3ccccc32)CC1. The highest BCUT2D eigenvalue weighted by Gasteiger charge is 2.20. The fourth-order valence-electron chi connectivity index (χ4n) is 4.11. The smallest absolute Gasteiger partial charge is 0.142 e. The van der Waals surface area contributed by atoms with Gasteiger partial charge in [-0.15, -0.1) is 0 Å². The molecule has 0 bridgehead atoms. The molecule has 2 aliphatic rings. The molecule has 0 unspecified atom stereocenters. The highest BCUT2D eigenvalue weighted by molar-refractivity contribution is 5.74. The van der Waals surface area contributed by atoms with E-state index in [1.54, 1.807) is 7.11 Å². The van der Waals surface area contributed by atoms with Gasteiger partial charge in [0.25, 0.3) is 0 Å². The average Bonchev–Trinajstić information content (AvgIpc) is 3.15. The number of methoxy groups -OCH3 is 1. The maximum Gasteiger partial charge on any atom is 0.142 e. The van der Waals surface area contributed by atoms with Crippen LogP contribution in [0.3, 0.4) is 0 Å². The third-order valence-electron chi connectivity index (χ3n) is 5.66. The maximum absolute atomic E-state index is 5.51. The molecule has 1 fully saturated rings. The van der Waals surface area contributed by atoms with E-state index in [9.17, 15) is 0 Å². The highest BCUT2D eigenvalue weighted by atomic mass is 16.5. The van der Waals surface area contributed by atoms with Crippen molar-refractivity contribution in [3.63, 3.8) is 0 Å². The number of para-hydroxylation sites is 4. The molecule has 0 aliphatic carbocycles. The average molecular weight is 367 g/mol. The molecular weight excluding hydrogens is 336 g/mol. The van der Waals surface area contributed by atoms with E-state index < -0.39 is 0 Å². The quantitative estimate of drug-likeness (QED) is 0.758. The summed E-state index contributed by atoms with van der Waals surface area (Å²) in [6.07, 6.45) is 2.50. The molecular formula is C22H30N4O. The number of unbranched alkanes of at least 4 members (excludes halogenated alkanes) is 1. The zero-order valence-corrected chi connectivity index (χ0v) is 16.2. The van der Waals surface area contributed by atoms with Crippen LogP contribution in [0.2, 0.25) is 0 Å². The van der Waals surface area contributed by atoms with Crippen LogP contribution in [-0.4, -0.2) is 57.9 Å². The number of rotatable bonds is 7. The lowest BCUT2D eigenvalue weighted by Gasteiger charge is -2.36. The first-order chi connectivity index (χ1) is 13.3. The molecule has 2 aliphatic heterocycles. The van der Waals surface area contributed by atoms with Gasteiger partial charge < -0.3 is 19.9 Å². The number of nitrogens with one attached hydrogen (secondary N) is 1. The van der Waals surface area contributed by atoms with Crippen molar-refractivity contribution in [2.24, 2.45) is 0 Å². The van der Waals surface area contributed by atoms with E-state index in [0.29, 0.717) is 0 Å². The van der Waals surface area contributed by atoms with E-state index >= 15 is 0 Å². The third kappa shape index (κ3) is 4.14. The van der Waals surface area contributed by atoms with Gasteiger partial charge in [0.2, 0.25) is 0 Å². The molecule has 1 saturated heterocycles. The van der Waals surface area contributed by atoms with Crippen molar-refractivity contribution in [3.05, 3.63) is 48.5 Å². The van der Waals surface area contributed by atoms with Crippen LogP contribution in [0.5, 0.6) is 5.75 Å². The van der Waals surface area contributed by atoms with E-state index in [4.69, 9.17) is 4.74 Å². The Hall–Kier alpha value is -2.40. The summed E-state index contributed by atoms with van der Waals surface area (Å²) in [6, 6.07) is 16.9. The van der Waals surface area contributed by atoms with Crippen LogP contribution in [0, 0.1) is 0 Å². The molecule has 5 nitrogen and oxygen atoms in total. The van der Waals surface area contributed by atoms with Gasteiger partial charge in [0.1, 0.15) is 5.75 Å². The predicted octanol–water partition coefficient (Wildman–Crippen LogP) is 3.49. The summed E-state index contributed by atoms with van der Waals surface area (Å²) in [5.74, 6) is 0.977. The van der Waals surface area contributed by atoms with Gasteiger partial charge in [0.15, 0.2) is 0 Å². The van der Waals surface area contributed by atoms with Crippen LogP contribution in [0.15, 0.2) is 48.5 Å². The van der Waals surface area contributed by atoms with E-state index in [1.165, 1.54) is 36.4 Å². The van der Waals surface area contributed by atoms with Crippen molar-refractivity contribution in [3.8, 4) is 5.75 Å². The van der Waals surface area contributed by atoms with Crippen LogP contribution in [-0.2, 0) is 0 Å². The molecule has 2 heterocycles. The van der Waals surface area contributed by atoms with Crippen LogP contribution in [0.4, 0.5) is 17.1 Å². The number of piperazine rings is 1. The molecule has 144 valence electrons. The standard InChI is InChI=1S/C22H30N4O/c1-27-22-11-5-4-10-21(22)25-16-14-24(15-17-25)12-6-7-13-26-18-23-19-8-2-3-9-20(19)26/h2-5,8-11,23H,6-7,12-18H2,1H3. The molecule has 2 aromatic carbocycles. The summed E-state index contributed by atoms with van der Waals surface area (Å²) in [6.45, 7) is 7.68. The number of ether oxygens (including phenoxy) is 1. The lowest BCUT2D eigenvalue weighted by molar-refractivity contribution is 0.252. The minimum Gasteiger partial charge on any atom is -0.495 e. The third-order valence-corrected chi connectivity index (χ3v) is 5.66. The molecule has 0 aromatic heterocycles. The van der Waals surface area contributed by atoms with Crippen LogP contribution < -0.4 is 19.9 Å². The van der Waals surface area contributed by atoms with E-state index in [-0.39, 0.29) is 0 Å². The topological polar surface area (TPSA) is 31.0 Å². The molecule has 0 radical (unpaired) electrons. The van der Waals surface area contributed by atoms with Gasteiger partial charge >= 0.3 is 0 Å². The number of hydrogen-bond acceptors (Lipinski definition) is 5. The molecule has 5 heteroatoms. The Morgan fingerprint density at radius 2 is 1.56 bits per heavy atom. The first-order valence-electron chi connectivity index (χ1n) is 10.0. The molecule has 27 heavy (non-hydrogen) atoms. The predicted molar refractivity (Wildman–Crippen MR) is 113 cm³/mol. The highest BCUT2D eigenvalue weighted by Crippen LogP contribution is 2.31. The normalized spacial score (nSPS) is 16.9. The zero-order chi connectivity index (χ0) is 18.5. The number of fused-ring (bicyclic) bond motifs is 1. The largest absolute Gasteiger partial charge is 0.495 e. The second-order valence-corrected chi connectivity index (χ2v) is 7.32. The lowest BCUT2D eigenvalue weighted by Crippen LogP contribution is -2.46. The molecule has 1 N–H and O–H groups in total. The van der Waals surface area contributed by atoms with Crippen molar-refractivity contribution in [2.75, 3.05) is 68.2 Å². The summed E-state index contributed by atoms with van der Waals surface area (Å²) >= 11 is 0. The first kappa shape index (κ1) is 18.0. The molecule has 2 aromatic rings. The fourth-order valence-corrected chi connectivity index (χ4v) is 4.11. The fraction of sp³-hybridized carbons (Fsp3) is 0.455. The van der Waals surface area contributed by atoms with E-state index in [1.807, 2.05) is 12.1 Å². The van der Waals surface area contributed by atoms with Crippen LogP contribution in [0.25, 0.3) is 0 Å². The Kier molecular flexibility index (Phi) is 5.68. The second-order valence-electron chi connectivity index (χ2n) is 7.32. The number of nitrogens with zero attached hydrogens (tertiary/aromatic N) is 3. The molecule has 0 spiro atoms. The van der Waals surface area contributed by atoms with Crippen molar-refractivity contribution in [1.29, 1.82) is 0 Å². The van der Waals surface area contributed by atoms with Crippen molar-refractivity contribution in [1.82, 2.24) is 4.90 Å². The minimum atomic E-state index is 0.941. The minimum absolute atomic E-state index is 0.941. The van der Waals surface area contributed by atoms with Crippen molar-refractivity contribution < 1.29 is 4.74 Å².